The molecule has 7 heteroatoms. The summed E-state index contributed by atoms with van der Waals surface area (Å²) in [4.78, 5) is 25.3. The number of anilines is 1. The van der Waals surface area contributed by atoms with E-state index in [1.807, 2.05) is 0 Å². The van der Waals surface area contributed by atoms with Crippen molar-refractivity contribution in [3.63, 3.8) is 0 Å². The molecule has 0 aliphatic carbocycles. The van der Waals surface area contributed by atoms with Gasteiger partial charge < -0.3 is 20.3 Å². The topological polar surface area (TPSA) is 70.7 Å². The number of hydrogen-bond acceptors (Lipinski definition) is 4. The van der Waals surface area contributed by atoms with Crippen LogP contribution < -0.4 is 10.6 Å². The molecule has 6 nitrogen and oxygen atoms in total. The summed E-state index contributed by atoms with van der Waals surface area (Å²) in [6, 6.07) is 4.90. The molecule has 0 radical (unpaired) electrons. The molecule has 2 rings (SSSR count). The lowest BCUT2D eigenvalue weighted by molar-refractivity contribution is -0.117. The van der Waals surface area contributed by atoms with Crippen LogP contribution in [-0.2, 0) is 9.53 Å². The van der Waals surface area contributed by atoms with E-state index >= 15 is 0 Å². The third-order valence-electron chi connectivity index (χ3n) is 3.32. The van der Waals surface area contributed by atoms with Crippen LogP contribution in [-0.4, -0.2) is 56.6 Å². The van der Waals surface area contributed by atoms with Crippen molar-refractivity contribution in [2.45, 2.75) is 12.5 Å². The average Bonchev–Trinajstić information content (AvgIpc) is 2.47. The zero-order valence-corrected chi connectivity index (χ0v) is 13.4. The van der Waals surface area contributed by atoms with Gasteiger partial charge in [0.2, 0.25) is 5.91 Å². The van der Waals surface area contributed by atoms with Crippen LogP contribution in [0.15, 0.2) is 18.2 Å². The van der Waals surface area contributed by atoms with E-state index < -0.39 is 0 Å². The highest BCUT2D eigenvalue weighted by Crippen LogP contribution is 2.22. The summed E-state index contributed by atoms with van der Waals surface area (Å²) in [6.45, 7) is 1.96. The quantitative estimate of drug-likeness (QED) is 0.877. The molecule has 1 unspecified atom stereocenters. The van der Waals surface area contributed by atoms with Crippen molar-refractivity contribution in [1.29, 1.82) is 0 Å². The molecular formula is C15H20ClN3O3. The number of carbonyl (C=O) groups excluding carboxylic acids is 2. The molecule has 0 saturated carbocycles. The van der Waals surface area contributed by atoms with Crippen LogP contribution in [0.2, 0.25) is 5.02 Å². The second kappa shape index (κ2) is 7.58. The van der Waals surface area contributed by atoms with Gasteiger partial charge >= 0.3 is 0 Å². The Balaban J connectivity index is 1.96. The fourth-order valence-corrected chi connectivity index (χ4v) is 2.46. The average molecular weight is 326 g/mol. The number of halogens is 1. The summed E-state index contributed by atoms with van der Waals surface area (Å²) in [6.07, 6.45) is 0.329. The minimum absolute atomic E-state index is 0.0267. The summed E-state index contributed by atoms with van der Waals surface area (Å²) < 4.78 is 5.31. The summed E-state index contributed by atoms with van der Waals surface area (Å²) >= 11 is 6.11. The number of ether oxygens (including phenoxy) is 1. The van der Waals surface area contributed by atoms with Crippen LogP contribution in [0.3, 0.4) is 0 Å². The smallest absolute Gasteiger partial charge is 0.254 e. The van der Waals surface area contributed by atoms with Crippen molar-refractivity contribution < 1.29 is 14.3 Å². The maximum Gasteiger partial charge on any atom is 0.254 e. The Bertz CT molecular complexity index is 557. The van der Waals surface area contributed by atoms with E-state index in [0.29, 0.717) is 35.9 Å². The first-order valence-corrected chi connectivity index (χ1v) is 7.47. The van der Waals surface area contributed by atoms with Crippen LogP contribution in [0.4, 0.5) is 5.69 Å². The standard InChI is InChI=1S/C15H20ClN3O3/c1-19(2)15(21)12-4-3-10(7-13(12)16)18-14(20)8-11-9-22-6-5-17-11/h3-4,7,11,17H,5-6,8-9H2,1-2H3,(H,18,20). The van der Waals surface area contributed by atoms with Crippen LogP contribution in [0.1, 0.15) is 16.8 Å². The summed E-state index contributed by atoms with van der Waals surface area (Å²) in [5.74, 6) is -0.294. The molecule has 2 amide bonds. The maximum absolute atomic E-state index is 12.0. The number of morpholine rings is 1. The molecule has 0 spiro atoms. The van der Waals surface area contributed by atoms with Crippen molar-refractivity contribution in [3.05, 3.63) is 28.8 Å². The fraction of sp³-hybridized carbons (Fsp3) is 0.467. The first kappa shape index (κ1) is 16.7. The Morgan fingerprint density at radius 2 is 2.23 bits per heavy atom. The SMILES string of the molecule is CN(C)C(=O)c1ccc(NC(=O)CC2COCCN2)cc1Cl. The van der Waals surface area contributed by atoms with Crippen molar-refractivity contribution in [3.8, 4) is 0 Å². The molecule has 1 aromatic carbocycles. The van der Waals surface area contributed by atoms with Gasteiger partial charge in [0.25, 0.3) is 5.91 Å². The highest BCUT2D eigenvalue weighted by atomic mass is 35.5. The molecule has 1 saturated heterocycles. The molecule has 1 aromatic rings. The van der Waals surface area contributed by atoms with E-state index in [2.05, 4.69) is 10.6 Å². The van der Waals surface area contributed by atoms with Crippen LogP contribution >= 0.6 is 11.6 Å². The van der Waals surface area contributed by atoms with Gasteiger partial charge in [-0.3, -0.25) is 9.59 Å². The largest absolute Gasteiger partial charge is 0.378 e. The van der Waals surface area contributed by atoms with Gasteiger partial charge in [0.1, 0.15) is 0 Å². The molecular weight excluding hydrogens is 306 g/mol. The van der Waals surface area contributed by atoms with Crippen molar-refractivity contribution in [1.82, 2.24) is 10.2 Å². The summed E-state index contributed by atoms with van der Waals surface area (Å²) in [7, 11) is 3.32. The number of benzene rings is 1. The van der Waals surface area contributed by atoms with Gasteiger partial charge in [-0.05, 0) is 18.2 Å². The highest BCUT2D eigenvalue weighted by Gasteiger charge is 2.18. The molecule has 1 heterocycles. The third kappa shape index (κ3) is 4.43. The predicted octanol–water partition coefficient (Wildman–Crippen LogP) is 1.36. The van der Waals surface area contributed by atoms with E-state index in [1.165, 1.54) is 4.90 Å². The number of hydrogen-bond donors (Lipinski definition) is 2. The zero-order valence-electron chi connectivity index (χ0n) is 12.7. The first-order chi connectivity index (χ1) is 10.5. The minimum atomic E-state index is -0.175. The van der Waals surface area contributed by atoms with Gasteiger partial charge in [-0.15, -0.1) is 0 Å². The minimum Gasteiger partial charge on any atom is -0.378 e. The van der Waals surface area contributed by atoms with E-state index in [0.717, 1.165) is 6.54 Å². The summed E-state index contributed by atoms with van der Waals surface area (Å²) in [5, 5.41) is 6.32. The lowest BCUT2D eigenvalue weighted by Gasteiger charge is -2.23. The van der Waals surface area contributed by atoms with E-state index in [9.17, 15) is 9.59 Å². The molecule has 2 N–H and O–H groups in total. The number of nitrogens with one attached hydrogen (secondary N) is 2. The first-order valence-electron chi connectivity index (χ1n) is 7.09. The maximum atomic E-state index is 12.0. The van der Waals surface area contributed by atoms with E-state index in [1.54, 1.807) is 32.3 Å². The second-order valence-corrected chi connectivity index (χ2v) is 5.78. The van der Waals surface area contributed by atoms with Gasteiger partial charge in [-0.1, -0.05) is 11.6 Å². The molecule has 0 bridgehead atoms. The fourth-order valence-electron chi connectivity index (χ4n) is 2.19. The van der Waals surface area contributed by atoms with Crippen molar-refractivity contribution in [2.24, 2.45) is 0 Å². The van der Waals surface area contributed by atoms with Crippen molar-refractivity contribution in [2.75, 3.05) is 39.2 Å². The van der Waals surface area contributed by atoms with Gasteiger partial charge in [-0.2, -0.15) is 0 Å². The number of amides is 2. The highest BCUT2D eigenvalue weighted by molar-refractivity contribution is 6.34. The van der Waals surface area contributed by atoms with Crippen LogP contribution in [0.25, 0.3) is 0 Å². The Hall–Kier alpha value is -1.63. The molecule has 1 aliphatic rings. The number of rotatable bonds is 4. The molecule has 1 atom stereocenters. The summed E-state index contributed by atoms with van der Waals surface area (Å²) in [5.41, 5.74) is 0.981. The second-order valence-electron chi connectivity index (χ2n) is 5.37. The van der Waals surface area contributed by atoms with E-state index in [4.69, 9.17) is 16.3 Å². The lowest BCUT2D eigenvalue weighted by atomic mass is 10.1. The van der Waals surface area contributed by atoms with Gasteiger partial charge in [0.05, 0.1) is 23.8 Å². The van der Waals surface area contributed by atoms with Crippen LogP contribution in [0, 0.1) is 0 Å². The number of nitrogens with zero attached hydrogens (tertiary/aromatic N) is 1. The molecule has 0 aromatic heterocycles. The Morgan fingerprint density at radius 3 is 2.82 bits per heavy atom. The molecule has 1 aliphatic heterocycles. The predicted molar refractivity (Wildman–Crippen MR) is 85.3 cm³/mol. The zero-order chi connectivity index (χ0) is 16.1. The van der Waals surface area contributed by atoms with Crippen LogP contribution in [0.5, 0.6) is 0 Å². The molecule has 120 valence electrons. The van der Waals surface area contributed by atoms with Gasteiger partial charge in [-0.25, -0.2) is 0 Å². The molecule has 1 fully saturated rings. The van der Waals surface area contributed by atoms with Crippen molar-refractivity contribution >= 4 is 29.1 Å². The van der Waals surface area contributed by atoms with Gasteiger partial charge in [0.15, 0.2) is 0 Å². The molecule has 22 heavy (non-hydrogen) atoms. The Kier molecular flexibility index (Phi) is 5.76. The number of carbonyl (C=O) groups is 2. The van der Waals surface area contributed by atoms with E-state index in [-0.39, 0.29) is 17.9 Å². The monoisotopic (exact) mass is 325 g/mol. The Morgan fingerprint density at radius 1 is 1.45 bits per heavy atom. The van der Waals surface area contributed by atoms with Gasteiger partial charge in [0, 0.05) is 38.8 Å². The lowest BCUT2D eigenvalue weighted by Crippen LogP contribution is -2.43. The third-order valence-corrected chi connectivity index (χ3v) is 3.63. The Labute approximate surface area is 134 Å². The normalized spacial score (nSPS) is 17.9.